The van der Waals surface area contributed by atoms with Gasteiger partial charge in [0.25, 0.3) is 0 Å². The average Bonchev–Trinajstić information content (AvgIpc) is 2.35. The normalized spacial score (nSPS) is 37.9. The molecule has 4 fully saturated rings. The number of Topliss-reactive ketones (excluding diaryl/α,β-unsaturated/α-hetero) is 2. The third-order valence-electron chi connectivity index (χ3n) is 5.72. The second-order valence-corrected chi connectivity index (χ2v) is 7.33. The monoisotopic (exact) mass is 278 g/mol. The average molecular weight is 278 g/mol. The van der Waals surface area contributed by atoms with Gasteiger partial charge in [-0.25, -0.2) is 4.79 Å². The lowest BCUT2D eigenvalue weighted by Gasteiger charge is -2.57. The van der Waals surface area contributed by atoms with Crippen LogP contribution < -0.4 is 0 Å². The van der Waals surface area contributed by atoms with E-state index in [2.05, 4.69) is 0 Å². The van der Waals surface area contributed by atoms with Crippen molar-refractivity contribution in [2.24, 2.45) is 23.2 Å². The molecule has 0 unspecified atom stereocenters. The van der Waals surface area contributed by atoms with Crippen LogP contribution in [0, 0.1) is 23.2 Å². The molecule has 0 amide bonds. The maximum absolute atomic E-state index is 11.4. The first-order chi connectivity index (χ1) is 9.47. The van der Waals surface area contributed by atoms with E-state index in [0.29, 0.717) is 11.8 Å². The number of aliphatic carboxylic acids is 1. The molecule has 0 aromatic carbocycles. The minimum Gasteiger partial charge on any atom is -0.475 e. The lowest BCUT2D eigenvalue weighted by molar-refractivity contribution is -0.153. The Kier molecular flexibility index (Phi) is 3.43. The summed E-state index contributed by atoms with van der Waals surface area (Å²) in [4.78, 5) is 32.9. The number of carbonyl (C=O) groups excluding carboxylic acids is 2. The lowest BCUT2D eigenvalue weighted by Crippen LogP contribution is -2.46. The van der Waals surface area contributed by atoms with Gasteiger partial charge in [-0.3, -0.25) is 9.59 Å². The Morgan fingerprint density at radius 2 is 1.45 bits per heavy atom. The van der Waals surface area contributed by atoms with E-state index in [0.717, 1.165) is 24.2 Å². The number of hydrogen-bond donors (Lipinski definition) is 1. The van der Waals surface area contributed by atoms with Crippen LogP contribution in [-0.4, -0.2) is 22.6 Å². The van der Waals surface area contributed by atoms with Crippen LogP contribution in [-0.2, 0) is 14.4 Å². The first-order valence-corrected chi connectivity index (χ1v) is 7.78. The van der Waals surface area contributed by atoms with Crippen molar-refractivity contribution in [3.05, 3.63) is 0 Å². The molecule has 4 aliphatic rings. The summed E-state index contributed by atoms with van der Waals surface area (Å²) in [5.74, 6) is -0.949. The first-order valence-electron chi connectivity index (χ1n) is 7.78. The summed E-state index contributed by atoms with van der Waals surface area (Å²) in [5.41, 5.74) is 0.404. The number of carboxylic acid groups (broad SMARTS) is 1. The van der Waals surface area contributed by atoms with Gasteiger partial charge >= 0.3 is 11.8 Å². The van der Waals surface area contributed by atoms with Crippen molar-refractivity contribution >= 4 is 17.5 Å². The van der Waals surface area contributed by atoms with Crippen LogP contribution in [0.5, 0.6) is 0 Å². The summed E-state index contributed by atoms with van der Waals surface area (Å²) in [7, 11) is 0. The van der Waals surface area contributed by atoms with Crippen LogP contribution in [0.2, 0.25) is 0 Å². The molecule has 0 heterocycles. The van der Waals surface area contributed by atoms with Crippen LogP contribution >= 0.6 is 0 Å². The van der Waals surface area contributed by atoms with Crippen molar-refractivity contribution in [1.29, 1.82) is 0 Å². The maximum atomic E-state index is 11.4. The van der Waals surface area contributed by atoms with E-state index in [1.165, 1.54) is 38.5 Å². The molecule has 20 heavy (non-hydrogen) atoms. The molecule has 4 rings (SSSR count). The predicted octanol–water partition coefficient (Wildman–Crippen LogP) is 2.60. The Labute approximate surface area is 118 Å². The fourth-order valence-corrected chi connectivity index (χ4v) is 5.45. The Balaban J connectivity index is 1.53. The largest absolute Gasteiger partial charge is 0.475 e. The fraction of sp³-hybridized carbons (Fsp3) is 0.812. The highest BCUT2D eigenvalue weighted by molar-refractivity contribution is 6.61. The van der Waals surface area contributed by atoms with E-state index in [-0.39, 0.29) is 6.42 Å². The molecule has 4 heteroatoms. The molecule has 0 aromatic heterocycles. The number of ketones is 2. The summed E-state index contributed by atoms with van der Waals surface area (Å²) in [6.45, 7) is 0. The third kappa shape index (κ3) is 2.52. The van der Waals surface area contributed by atoms with Crippen LogP contribution in [0.15, 0.2) is 0 Å². The Bertz CT molecular complexity index is 416. The number of rotatable bonds is 6. The molecule has 4 aliphatic carbocycles. The van der Waals surface area contributed by atoms with Gasteiger partial charge in [0.1, 0.15) is 0 Å². The van der Waals surface area contributed by atoms with E-state index in [1.807, 2.05) is 0 Å². The molecule has 0 saturated heterocycles. The molecular weight excluding hydrogens is 256 g/mol. The quantitative estimate of drug-likeness (QED) is 0.599. The molecule has 0 aromatic rings. The van der Waals surface area contributed by atoms with Gasteiger partial charge in [0.05, 0.1) is 0 Å². The molecule has 0 atom stereocenters. The Morgan fingerprint density at radius 3 is 1.90 bits per heavy atom. The van der Waals surface area contributed by atoms with Gasteiger partial charge in [0, 0.05) is 6.42 Å². The summed E-state index contributed by atoms with van der Waals surface area (Å²) in [6, 6.07) is 0. The molecule has 4 bridgehead atoms. The second-order valence-electron chi connectivity index (χ2n) is 7.33. The summed E-state index contributed by atoms with van der Waals surface area (Å²) >= 11 is 0. The topological polar surface area (TPSA) is 71.4 Å². The van der Waals surface area contributed by atoms with Crippen LogP contribution in [0.4, 0.5) is 0 Å². The SMILES string of the molecule is O=C(O)C(=O)C(=O)CCCC12CC3CC(CC(C3)C1)C2. The smallest absolute Gasteiger partial charge is 0.380 e. The minimum atomic E-state index is -1.62. The van der Waals surface area contributed by atoms with Crippen LogP contribution in [0.3, 0.4) is 0 Å². The zero-order valence-electron chi connectivity index (χ0n) is 11.8. The van der Waals surface area contributed by atoms with E-state index in [9.17, 15) is 14.4 Å². The van der Waals surface area contributed by atoms with Crippen molar-refractivity contribution < 1.29 is 19.5 Å². The summed E-state index contributed by atoms with van der Waals surface area (Å²) < 4.78 is 0. The molecular formula is C16H22O4. The molecule has 110 valence electrons. The van der Waals surface area contributed by atoms with Gasteiger partial charge in [0.15, 0.2) is 0 Å². The third-order valence-corrected chi connectivity index (χ3v) is 5.72. The van der Waals surface area contributed by atoms with Gasteiger partial charge in [-0.15, -0.1) is 0 Å². The number of hydrogen-bond acceptors (Lipinski definition) is 3. The lowest BCUT2D eigenvalue weighted by atomic mass is 9.48. The van der Waals surface area contributed by atoms with Gasteiger partial charge in [-0.2, -0.15) is 0 Å². The first kappa shape index (κ1) is 13.8. The highest BCUT2D eigenvalue weighted by Crippen LogP contribution is 2.61. The number of carbonyl (C=O) groups is 3. The fourth-order valence-electron chi connectivity index (χ4n) is 5.45. The standard InChI is InChI=1S/C16H22O4/c17-13(14(18)15(19)20)2-1-3-16-7-10-4-11(8-16)6-12(5-10)9-16/h10-12H,1-9H2,(H,19,20). The highest BCUT2D eigenvalue weighted by atomic mass is 16.4. The number of carboxylic acids is 1. The Morgan fingerprint density at radius 1 is 0.950 bits per heavy atom. The Hall–Kier alpha value is -1.19. The van der Waals surface area contributed by atoms with Crippen molar-refractivity contribution in [1.82, 2.24) is 0 Å². The van der Waals surface area contributed by atoms with Gasteiger partial charge in [-0.1, -0.05) is 0 Å². The molecule has 0 spiro atoms. The minimum absolute atomic E-state index is 0.104. The van der Waals surface area contributed by atoms with Gasteiger partial charge in [0.2, 0.25) is 5.78 Å². The van der Waals surface area contributed by atoms with E-state index < -0.39 is 17.5 Å². The van der Waals surface area contributed by atoms with Crippen molar-refractivity contribution in [3.8, 4) is 0 Å². The molecule has 0 radical (unpaired) electrons. The maximum Gasteiger partial charge on any atom is 0.380 e. The second kappa shape index (κ2) is 4.97. The molecule has 4 saturated carbocycles. The highest BCUT2D eigenvalue weighted by Gasteiger charge is 2.50. The van der Waals surface area contributed by atoms with E-state index >= 15 is 0 Å². The van der Waals surface area contributed by atoms with Crippen molar-refractivity contribution in [3.63, 3.8) is 0 Å². The van der Waals surface area contributed by atoms with Crippen LogP contribution in [0.25, 0.3) is 0 Å². The van der Waals surface area contributed by atoms with Crippen molar-refractivity contribution in [2.45, 2.75) is 57.8 Å². The predicted molar refractivity (Wildman–Crippen MR) is 72.1 cm³/mol. The zero-order chi connectivity index (χ0) is 14.3. The van der Waals surface area contributed by atoms with Gasteiger partial charge in [-0.05, 0) is 74.5 Å². The van der Waals surface area contributed by atoms with Gasteiger partial charge < -0.3 is 5.11 Å². The van der Waals surface area contributed by atoms with Crippen LogP contribution in [0.1, 0.15) is 57.8 Å². The van der Waals surface area contributed by atoms with E-state index in [1.54, 1.807) is 0 Å². The van der Waals surface area contributed by atoms with E-state index in [4.69, 9.17) is 5.11 Å². The molecule has 1 N–H and O–H groups in total. The molecule has 4 nitrogen and oxygen atoms in total. The zero-order valence-corrected chi connectivity index (χ0v) is 11.8. The summed E-state index contributed by atoms with van der Waals surface area (Å²) in [5, 5.41) is 8.51. The summed E-state index contributed by atoms with van der Waals surface area (Å²) in [6.07, 6.45) is 9.84. The molecule has 0 aliphatic heterocycles. The van der Waals surface area contributed by atoms with Crippen molar-refractivity contribution in [2.75, 3.05) is 0 Å².